The fourth-order valence-electron chi connectivity index (χ4n) is 10.3. The van der Waals surface area contributed by atoms with Gasteiger partial charge in [-0.1, -0.05) is 316 Å². The van der Waals surface area contributed by atoms with Crippen LogP contribution in [0.25, 0.3) is 0 Å². The number of allylic oxidation sites excluding steroid dienone is 20. The third-order valence-corrected chi connectivity index (χ3v) is 18.1. The summed E-state index contributed by atoms with van der Waals surface area (Å²) >= 11 is 0. The third kappa shape index (κ3) is 74.9. The zero-order valence-electron chi connectivity index (χ0n) is 62.1. The van der Waals surface area contributed by atoms with Crippen molar-refractivity contribution in [3.8, 4) is 0 Å². The molecule has 5 atom stereocenters. The molecule has 16 nitrogen and oxygen atoms in total. The van der Waals surface area contributed by atoms with Crippen molar-refractivity contribution in [2.45, 2.75) is 334 Å². The molecule has 0 saturated heterocycles. The lowest BCUT2D eigenvalue weighted by molar-refractivity contribution is -0.161. The summed E-state index contributed by atoms with van der Waals surface area (Å²) in [5, 5.41) is 20.6. The number of carbonyl (C=O) groups is 3. The van der Waals surface area contributed by atoms with E-state index in [2.05, 4.69) is 130 Å². The van der Waals surface area contributed by atoms with Crippen molar-refractivity contribution in [2.24, 2.45) is 0 Å². The number of carbonyl (C=O) groups excluding carboxylic acids is 3. The van der Waals surface area contributed by atoms with E-state index in [4.69, 9.17) is 32.3 Å². The molecule has 0 saturated carbocycles. The Balaban J connectivity index is 4.48. The van der Waals surface area contributed by atoms with E-state index in [1.807, 2.05) is 12.2 Å². The van der Waals surface area contributed by atoms with E-state index in [-0.39, 0.29) is 19.3 Å². The monoisotopic (exact) mass is 1430 g/mol. The van der Waals surface area contributed by atoms with Crippen LogP contribution in [-0.4, -0.2) is 95.9 Å². The fourth-order valence-corrected chi connectivity index (χ4v) is 11.9. The van der Waals surface area contributed by atoms with Crippen LogP contribution in [-0.2, 0) is 55.8 Å². The lowest BCUT2D eigenvalue weighted by atomic mass is 10.0. The van der Waals surface area contributed by atoms with Crippen LogP contribution in [0, 0.1) is 0 Å². The molecule has 0 spiro atoms. The highest BCUT2D eigenvalue weighted by Gasteiger charge is 2.29. The van der Waals surface area contributed by atoms with Gasteiger partial charge in [-0.05, 0) is 103 Å². The van der Waals surface area contributed by atoms with E-state index in [1.165, 1.54) is 141 Å². The van der Waals surface area contributed by atoms with Gasteiger partial charge >= 0.3 is 33.6 Å². The quantitative estimate of drug-likeness (QED) is 0.0146. The molecule has 0 amide bonds. The number of rotatable bonds is 73. The average Bonchev–Trinajstić information content (AvgIpc) is 2.96. The van der Waals surface area contributed by atoms with Crippen LogP contribution in [0.15, 0.2) is 122 Å². The normalized spacial score (nSPS) is 14.7. The van der Waals surface area contributed by atoms with E-state index < -0.39 is 91.5 Å². The van der Waals surface area contributed by atoms with Crippen LogP contribution >= 0.6 is 15.6 Å². The zero-order valence-corrected chi connectivity index (χ0v) is 63.9. The lowest BCUT2D eigenvalue weighted by Gasteiger charge is -2.21. The summed E-state index contributed by atoms with van der Waals surface area (Å²) in [6.45, 7) is 2.41. The number of unbranched alkanes of at least 4 members (excludes halogenated alkanes) is 30. The van der Waals surface area contributed by atoms with Crippen LogP contribution < -0.4 is 0 Å². The second-order valence-electron chi connectivity index (χ2n) is 25.8. The minimum atomic E-state index is -4.94. The molecule has 0 fully saturated rings. The first-order valence-corrected chi connectivity index (χ1v) is 41.8. The minimum Gasteiger partial charge on any atom is -0.463 e. The van der Waals surface area contributed by atoms with Gasteiger partial charge in [0.05, 0.1) is 26.4 Å². The van der Waals surface area contributed by atoms with Gasteiger partial charge in [-0.15, -0.1) is 0 Å². The largest absolute Gasteiger partial charge is 0.472 e. The third-order valence-electron chi connectivity index (χ3n) is 16.2. The van der Waals surface area contributed by atoms with Crippen molar-refractivity contribution in [3.05, 3.63) is 122 Å². The molecule has 0 aromatic heterocycles. The van der Waals surface area contributed by atoms with Crippen molar-refractivity contribution in [1.29, 1.82) is 0 Å². The van der Waals surface area contributed by atoms with Crippen molar-refractivity contribution in [3.63, 3.8) is 0 Å². The standard InChI is InChI=1S/C81H140O16P2/c1-4-7-10-13-16-19-22-25-28-30-31-32-33-34-35-36-37-38-39-40-41-42-43-45-48-49-52-55-58-61-64-67-79(84)91-70-76(82)71-93-98(87,88)94-72-77(83)73-95-99(89,90)96-75-78(97-81(86)69-66-63-60-57-54-51-46-27-24-21-18-15-12-9-6-3)74-92-80(85)68-65-62-59-56-53-50-47-44-29-26-23-20-17-14-11-8-5-2/h7-8,10-11,16-17,19-20,25-26,28-29,31-32,34-35,47,50,56,59,76-78,82-83H,4-6,9,12-15,18,21-24,27,30,33,36-46,48-49,51-55,57-58,60-75H2,1-3H3,(H,87,88)(H,89,90)/b10-7-,11-8-,19-16-,20-17-,28-25-,29-26-,32-31-,35-34-,50-47-,59-56-. The highest BCUT2D eigenvalue weighted by Crippen LogP contribution is 2.45. The Morgan fingerprint density at radius 2 is 0.545 bits per heavy atom. The molecule has 570 valence electrons. The molecule has 0 aromatic rings. The van der Waals surface area contributed by atoms with E-state index in [9.17, 15) is 43.5 Å². The van der Waals surface area contributed by atoms with Crippen LogP contribution in [0.1, 0.15) is 316 Å². The molecule has 0 aliphatic carbocycles. The summed E-state index contributed by atoms with van der Waals surface area (Å²) in [5.41, 5.74) is 0. The van der Waals surface area contributed by atoms with Crippen molar-refractivity contribution in [1.82, 2.24) is 0 Å². The molecule has 18 heteroatoms. The number of phosphoric acid groups is 2. The lowest BCUT2D eigenvalue weighted by Crippen LogP contribution is -2.30. The predicted octanol–water partition coefficient (Wildman–Crippen LogP) is 22.5. The number of ether oxygens (including phenoxy) is 3. The van der Waals surface area contributed by atoms with Gasteiger partial charge < -0.3 is 34.2 Å². The Labute approximate surface area is 602 Å². The molecular weight excluding hydrogens is 1290 g/mol. The van der Waals surface area contributed by atoms with Gasteiger partial charge in [0.1, 0.15) is 25.4 Å². The van der Waals surface area contributed by atoms with E-state index in [0.717, 1.165) is 109 Å². The van der Waals surface area contributed by atoms with Gasteiger partial charge in [-0.25, -0.2) is 9.13 Å². The number of phosphoric ester groups is 2. The maximum absolute atomic E-state index is 12.9. The van der Waals surface area contributed by atoms with Gasteiger partial charge in [-0.2, -0.15) is 0 Å². The fraction of sp³-hybridized carbons (Fsp3) is 0.716. The average molecular weight is 1430 g/mol. The summed E-state index contributed by atoms with van der Waals surface area (Å²) in [7, 11) is -9.80. The van der Waals surface area contributed by atoms with Gasteiger partial charge in [0.25, 0.3) is 0 Å². The topological polar surface area (TPSA) is 231 Å². The highest BCUT2D eigenvalue weighted by molar-refractivity contribution is 7.47. The van der Waals surface area contributed by atoms with Crippen LogP contribution in [0.2, 0.25) is 0 Å². The Morgan fingerprint density at radius 1 is 0.293 bits per heavy atom. The van der Waals surface area contributed by atoms with Crippen LogP contribution in [0.3, 0.4) is 0 Å². The Bertz CT molecular complexity index is 2290. The summed E-state index contributed by atoms with van der Waals surface area (Å²) < 4.78 is 61.0. The second-order valence-corrected chi connectivity index (χ2v) is 28.7. The molecule has 0 heterocycles. The van der Waals surface area contributed by atoms with Crippen LogP contribution in [0.5, 0.6) is 0 Å². The second kappa shape index (κ2) is 73.7. The molecule has 0 radical (unpaired) electrons. The summed E-state index contributed by atoms with van der Waals surface area (Å²) in [6.07, 6.45) is 87.0. The first kappa shape index (κ1) is 94.9. The van der Waals surface area contributed by atoms with E-state index in [1.54, 1.807) is 0 Å². The highest BCUT2D eigenvalue weighted by atomic mass is 31.2. The molecule has 99 heavy (non-hydrogen) atoms. The molecule has 0 bridgehead atoms. The van der Waals surface area contributed by atoms with Crippen molar-refractivity contribution < 1.29 is 75.8 Å². The maximum atomic E-state index is 12.9. The van der Waals surface area contributed by atoms with E-state index in [0.29, 0.717) is 25.7 Å². The summed E-state index contributed by atoms with van der Waals surface area (Å²) in [4.78, 5) is 58.5. The van der Waals surface area contributed by atoms with Gasteiger partial charge in [0.2, 0.25) is 0 Å². The number of aliphatic hydroxyl groups excluding tert-OH is 2. The maximum Gasteiger partial charge on any atom is 0.472 e. The molecule has 0 rings (SSSR count). The van der Waals surface area contributed by atoms with Crippen molar-refractivity contribution in [2.75, 3.05) is 39.6 Å². The minimum absolute atomic E-state index is 0.0928. The number of esters is 3. The predicted molar refractivity (Wildman–Crippen MR) is 408 cm³/mol. The first-order chi connectivity index (χ1) is 48.2. The summed E-state index contributed by atoms with van der Waals surface area (Å²) in [6, 6.07) is 0. The Hall–Kier alpha value is -4.05. The molecule has 0 aliphatic rings. The number of hydrogen-bond donors (Lipinski definition) is 4. The summed E-state index contributed by atoms with van der Waals surface area (Å²) in [5.74, 6) is -1.63. The molecule has 5 unspecified atom stereocenters. The van der Waals surface area contributed by atoms with Gasteiger partial charge in [0.15, 0.2) is 6.10 Å². The smallest absolute Gasteiger partial charge is 0.463 e. The Kier molecular flexibility index (Phi) is 70.7. The first-order valence-electron chi connectivity index (χ1n) is 38.8. The molecular formula is C81H140O16P2. The van der Waals surface area contributed by atoms with Crippen LogP contribution in [0.4, 0.5) is 0 Å². The number of hydrogen-bond acceptors (Lipinski definition) is 14. The SMILES string of the molecule is CC/C=C\C/C=C\C/C=C\C/C=C\C/C=C\CCCCCCCCCCCCCCCCCC(=O)OCC(O)COP(=O)(O)OCC(O)COP(=O)(O)OCC(COC(=O)CCC/C=C\C/C=C\C/C=C\C/C=C\C/C=C\CC)OC(=O)CCCCCCCCCCCCCCCCC. The molecule has 0 aromatic carbocycles. The zero-order chi connectivity index (χ0) is 72.3. The Morgan fingerprint density at radius 3 is 0.889 bits per heavy atom. The van der Waals surface area contributed by atoms with Gasteiger partial charge in [0, 0.05) is 19.3 Å². The van der Waals surface area contributed by atoms with Gasteiger partial charge in [-0.3, -0.25) is 32.5 Å². The van der Waals surface area contributed by atoms with Crippen molar-refractivity contribution >= 4 is 33.6 Å². The number of aliphatic hydroxyl groups is 2. The molecule has 0 aliphatic heterocycles. The molecule has 4 N–H and O–H groups in total. The van der Waals surface area contributed by atoms with E-state index >= 15 is 0 Å².